The predicted molar refractivity (Wildman–Crippen MR) is 129 cm³/mol. The molecule has 0 radical (unpaired) electrons. The van der Waals surface area contributed by atoms with E-state index in [4.69, 9.17) is 23.2 Å². The molecule has 2 aromatic carbocycles. The Balaban J connectivity index is 1.94. The highest BCUT2D eigenvalue weighted by Gasteiger charge is 2.22. The van der Waals surface area contributed by atoms with Crippen LogP contribution in [-0.4, -0.2) is 30.9 Å². The highest BCUT2D eigenvalue weighted by atomic mass is 35.5. The van der Waals surface area contributed by atoms with E-state index in [0.29, 0.717) is 21.4 Å². The number of hydrogen-bond donors (Lipinski definition) is 2. The highest BCUT2D eigenvalue weighted by Crippen LogP contribution is 2.26. The topological polar surface area (TPSA) is 106 Å². The zero-order valence-corrected chi connectivity index (χ0v) is 19.3. The Hall–Kier alpha value is -3.01. The Kier molecular flexibility index (Phi) is 7.44. The van der Waals surface area contributed by atoms with Crippen molar-refractivity contribution in [2.24, 2.45) is 19.1 Å². The fourth-order valence-electron chi connectivity index (χ4n) is 2.71. The number of amides is 1. The molecule has 1 aromatic heterocycles. The maximum absolute atomic E-state index is 12.8. The molecular formula is C21H18Cl2N4O4S. The van der Waals surface area contributed by atoms with Gasteiger partial charge in [0.1, 0.15) is 10.6 Å². The van der Waals surface area contributed by atoms with Crippen LogP contribution in [0.2, 0.25) is 10.0 Å². The third-order valence-electron chi connectivity index (χ3n) is 4.38. The molecule has 0 saturated carbocycles. The van der Waals surface area contributed by atoms with Crippen molar-refractivity contribution in [1.82, 2.24) is 9.13 Å². The van der Waals surface area contributed by atoms with Crippen LogP contribution >= 0.6 is 35.0 Å². The van der Waals surface area contributed by atoms with Crippen molar-refractivity contribution >= 4 is 57.3 Å². The Labute approximate surface area is 197 Å². The standard InChI is InChI=1S/C21H18Cl2N4O4S/c1-26-19(29)17(20(30)27(2)21(26)31)18(25-12-6-4-3-5-7-12)32-11-16(28)24-13-8-9-14(22)15(23)10-13/h3-10,29H,11H2,1-2H3,(H,24,28). The number of carbonyl (C=O) groups is 1. The molecule has 32 heavy (non-hydrogen) atoms. The summed E-state index contributed by atoms with van der Waals surface area (Å²) in [4.78, 5) is 41.8. The van der Waals surface area contributed by atoms with E-state index in [9.17, 15) is 19.5 Å². The van der Waals surface area contributed by atoms with E-state index in [2.05, 4.69) is 10.3 Å². The van der Waals surface area contributed by atoms with Crippen LogP contribution in [-0.2, 0) is 18.9 Å². The summed E-state index contributed by atoms with van der Waals surface area (Å²) in [5.41, 5.74) is -0.622. The minimum Gasteiger partial charge on any atom is -0.494 e. The summed E-state index contributed by atoms with van der Waals surface area (Å²) in [5, 5.41) is 13.9. The van der Waals surface area contributed by atoms with Crippen LogP contribution in [0.15, 0.2) is 63.1 Å². The number of halogens is 2. The molecule has 3 aromatic rings. The Morgan fingerprint density at radius 2 is 1.75 bits per heavy atom. The molecule has 0 unspecified atom stereocenters. The molecule has 0 fully saturated rings. The normalized spacial score (nSPS) is 11.4. The number of aromatic nitrogens is 2. The van der Waals surface area contributed by atoms with Gasteiger partial charge in [-0.15, -0.1) is 0 Å². The van der Waals surface area contributed by atoms with E-state index in [-0.39, 0.29) is 16.4 Å². The first-order chi connectivity index (χ1) is 15.2. The largest absolute Gasteiger partial charge is 0.494 e. The van der Waals surface area contributed by atoms with Gasteiger partial charge in [-0.2, -0.15) is 0 Å². The molecule has 0 aliphatic carbocycles. The number of aliphatic imine (C=N–C) groups is 1. The molecule has 8 nitrogen and oxygen atoms in total. The van der Waals surface area contributed by atoms with E-state index in [1.807, 2.05) is 0 Å². The van der Waals surface area contributed by atoms with Gasteiger partial charge in [0.15, 0.2) is 0 Å². The molecule has 1 heterocycles. The monoisotopic (exact) mass is 492 g/mol. The summed E-state index contributed by atoms with van der Waals surface area (Å²) in [5.74, 6) is -1.06. The van der Waals surface area contributed by atoms with Gasteiger partial charge in [0.05, 0.1) is 21.5 Å². The van der Waals surface area contributed by atoms with Crippen LogP contribution in [0.5, 0.6) is 5.88 Å². The van der Waals surface area contributed by atoms with Crippen molar-refractivity contribution in [2.45, 2.75) is 0 Å². The second-order valence-corrected chi connectivity index (χ2v) is 8.40. The molecule has 0 aliphatic heterocycles. The predicted octanol–water partition coefficient (Wildman–Crippen LogP) is 3.55. The molecule has 0 saturated heterocycles. The summed E-state index contributed by atoms with van der Waals surface area (Å²) in [7, 11) is 2.64. The maximum Gasteiger partial charge on any atom is 0.333 e. The first-order valence-electron chi connectivity index (χ1n) is 9.20. The van der Waals surface area contributed by atoms with Crippen LogP contribution < -0.4 is 16.6 Å². The van der Waals surface area contributed by atoms with Crippen molar-refractivity contribution in [1.29, 1.82) is 0 Å². The molecule has 2 N–H and O–H groups in total. The smallest absolute Gasteiger partial charge is 0.333 e. The quantitative estimate of drug-likeness (QED) is 0.418. The lowest BCUT2D eigenvalue weighted by molar-refractivity contribution is -0.113. The molecule has 166 valence electrons. The molecular weight excluding hydrogens is 475 g/mol. The fraction of sp³-hybridized carbons (Fsp3) is 0.143. The molecule has 0 bridgehead atoms. The molecule has 3 rings (SSSR count). The average Bonchev–Trinajstić information content (AvgIpc) is 2.78. The summed E-state index contributed by atoms with van der Waals surface area (Å²) in [6.45, 7) is 0. The van der Waals surface area contributed by atoms with Gasteiger partial charge in [0, 0.05) is 19.8 Å². The summed E-state index contributed by atoms with van der Waals surface area (Å²) in [6.07, 6.45) is 0. The number of rotatable bonds is 5. The van der Waals surface area contributed by atoms with Gasteiger partial charge in [0.2, 0.25) is 11.8 Å². The van der Waals surface area contributed by atoms with Crippen molar-refractivity contribution in [2.75, 3.05) is 11.1 Å². The van der Waals surface area contributed by atoms with Crippen molar-refractivity contribution in [3.05, 3.63) is 85.0 Å². The van der Waals surface area contributed by atoms with Gasteiger partial charge < -0.3 is 10.4 Å². The average molecular weight is 493 g/mol. The van der Waals surface area contributed by atoms with Gasteiger partial charge in [-0.05, 0) is 30.3 Å². The lowest BCUT2D eigenvalue weighted by atomic mass is 10.3. The second kappa shape index (κ2) is 10.1. The lowest BCUT2D eigenvalue weighted by Gasteiger charge is -2.12. The zero-order chi connectivity index (χ0) is 23.4. The second-order valence-electron chi connectivity index (χ2n) is 6.62. The number of aromatic hydroxyl groups is 1. The summed E-state index contributed by atoms with van der Waals surface area (Å²) < 4.78 is 1.81. The number of para-hydroxylation sites is 1. The van der Waals surface area contributed by atoms with Crippen molar-refractivity contribution in [3.8, 4) is 5.88 Å². The van der Waals surface area contributed by atoms with E-state index < -0.39 is 23.0 Å². The summed E-state index contributed by atoms with van der Waals surface area (Å²) in [6, 6.07) is 13.4. The van der Waals surface area contributed by atoms with Crippen molar-refractivity contribution < 1.29 is 9.90 Å². The van der Waals surface area contributed by atoms with Gasteiger partial charge in [-0.25, -0.2) is 9.79 Å². The Morgan fingerprint density at radius 3 is 2.41 bits per heavy atom. The highest BCUT2D eigenvalue weighted by molar-refractivity contribution is 8.15. The van der Waals surface area contributed by atoms with Gasteiger partial charge >= 0.3 is 5.69 Å². The zero-order valence-electron chi connectivity index (χ0n) is 17.0. The third kappa shape index (κ3) is 5.24. The van der Waals surface area contributed by atoms with E-state index in [1.165, 1.54) is 20.2 Å². The van der Waals surface area contributed by atoms with E-state index in [0.717, 1.165) is 20.9 Å². The Bertz CT molecular complexity index is 1320. The molecule has 11 heteroatoms. The number of nitrogens with one attached hydrogen (secondary N) is 1. The van der Waals surface area contributed by atoms with Crippen LogP contribution in [0.4, 0.5) is 11.4 Å². The van der Waals surface area contributed by atoms with E-state index >= 15 is 0 Å². The van der Waals surface area contributed by atoms with Crippen LogP contribution in [0.25, 0.3) is 0 Å². The van der Waals surface area contributed by atoms with Gasteiger partial charge in [-0.1, -0.05) is 53.2 Å². The number of nitrogens with zero attached hydrogens (tertiary/aromatic N) is 3. The fourth-order valence-corrected chi connectivity index (χ4v) is 3.84. The minimum atomic E-state index is -0.724. The van der Waals surface area contributed by atoms with E-state index in [1.54, 1.807) is 42.5 Å². The van der Waals surface area contributed by atoms with Crippen LogP contribution in [0, 0.1) is 0 Å². The number of thioether (sulfide) groups is 1. The number of benzene rings is 2. The maximum atomic E-state index is 12.8. The number of anilines is 1. The molecule has 0 atom stereocenters. The minimum absolute atomic E-state index is 0.0918. The Morgan fingerprint density at radius 1 is 1.06 bits per heavy atom. The molecule has 0 aliphatic rings. The number of hydrogen-bond acceptors (Lipinski definition) is 6. The third-order valence-corrected chi connectivity index (χ3v) is 6.09. The number of carbonyl (C=O) groups excluding carboxylic acids is 1. The van der Waals surface area contributed by atoms with Gasteiger partial charge in [0.25, 0.3) is 5.56 Å². The van der Waals surface area contributed by atoms with Gasteiger partial charge in [-0.3, -0.25) is 18.7 Å². The molecule has 0 spiro atoms. The summed E-state index contributed by atoms with van der Waals surface area (Å²) >= 11 is 12.8. The van der Waals surface area contributed by atoms with Crippen LogP contribution in [0.3, 0.4) is 0 Å². The van der Waals surface area contributed by atoms with Crippen molar-refractivity contribution in [3.63, 3.8) is 0 Å². The first-order valence-corrected chi connectivity index (χ1v) is 10.9. The first kappa shape index (κ1) is 23.6. The van der Waals surface area contributed by atoms with Crippen LogP contribution in [0.1, 0.15) is 5.56 Å². The SMILES string of the molecule is Cn1c(O)c(C(=Nc2ccccc2)SCC(=O)Nc2ccc(Cl)c(Cl)c2)c(=O)n(C)c1=O. The molecule has 1 amide bonds. The lowest BCUT2D eigenvalue weighted by Crippen LogP contribution is -2.39.